The predicted molar refractivity (Wildman–Crippen MR) is 80.4 cm³/mol. The number of carboxylic acids is 1. The van der Waals surface area contributed by atoms with Crippen LogP contribution in [0.5, 0.6) is 0 Å². The highest BCUT2D eigenvalue weighted by atomic mass is 16.6. The van der Waals surface area contributed by atoms with E-state index in [0.29, 0.717) is 16.9 Å². The smallest absolute Gasteiger partial charge is 0.356 e. The zero-order valence-corrected chi connectivity index (χ0v) is 13.0. The molecule has 116 valence electrons. The Morgan fingerprint density at radius 3 is 2.41 bits per heavy atom. The molecule has 0 aliphatic carbocycles. The van der Waals surface area contributed by atoms with Gasteiger partial charge in [-0.25, -0.2) is 14.3 Å². The fourth-order valence-corrected chi connectivity index (χ4v) is 1.99. The van der Waals surface area contributed by atoms with Gasteiger partial charge in [0.15, 0.2) is 5.69 Å². The summed E-state index contributed by atoms with van der Waals surface area (Å²) in [6.07, 6.45) is 0. The van der Waals surface area contributed by atoms with E-state index in [1.807, 2.05) is 0 Å². The SMILES string of the molecule is Cc1cc(C(=O)O)nn1-c1ccccc1C(=O)OC(C)(C)C. The number of para-hydroxylation sites is 1. The monoisotopic (exact) mass is 302 g/mol. The summed E-state index contributed by atoms with van der Waals surface area (Å²) < 4.78 is 6.82. The van der Waals surface area contributed by atoms with Crippen LogP contribution >= 0.6 is 0 Å². The van der Waals surface area contributed by atoms with Gasteiger partial charge in [-0.3, -0.25) is 0 Å². The van der Waals surface area contributed by atoms with Crippen LogP contribution in [-0.2, 0) is 4.74 Å². The van der Waals surface area contributed by atoms with Gasteiger partial charge in [0.05, 0.1) is 11.3 Å². The molecule has 2 aromatic rings. The fraction of sp³-hybridized carbons (Fsp3) is 0.312. The lowest BCUT2D eigenvalue weighted by Gasteiger charge is -2.20. The van der Waals surface area contributed by atoms with Crippen molar-refractivity contribution >= 4 is 11.9 Å². The maximum absolute atomic E-state index is 12.3. The van der Waals surface area contributed by atoms with E-state index in [0.717, 1.165) is 0 Å². The molecule has 0 unspecified atom stereocenters. The molecule has 0 radical (unpaired) electrons. The second kappa shape index (κ2) is 5.63. The first-order chi connectivity index (χ1) is 10.2. The van der Waals surface area contributed by atoms with Gasteiger partial charge < -0.3 is 9.84 Å². The van der Waals surface area contributed by atoms with E-state index >= 15 is 0 Å². The van der Waals surface area contributed by atoms with E-state index in [-0.39, 0.29) is 5.69 Å². The highest BCUT2D eigenvalue weighted by molar-refractivity contribution is 5.94. The number of rotatable bonds is 3. The van der Waals surface area contributed by atoms with Crippen molar-refractivity contribution in [2.75, 3.05) is 0 Å². The molecule has 0 saturated heterocycles. The molecule has 0 bridgehead atoms. The summed E-state index contributed by atoms with van der Waals surface area (Å²) in [6.45, 7) is 7.09. The van der Waals surface area contributed by atoms with Crippen molar-refractivity contribution in [1.29, 1.82) is 0 Å². The van der Waals surface area contributed by atoms with Crippen LogP contribution in [0.3, 0.4) is 0 Å². The standard InChI is InChI=1S/C16H18N2O4/c1-10-9-12(14(19)20)17-18(10)13-8-6-5-7-11(13)15(21)22-16(2,3)4/h5-9H,1-4H3,(H,19,20). The first kappa shape index (κ1) is 15.8. The van der Waals surface area contributed by atoms with E-state index in [1.165, 1.54) is 10.7 Å². The van der Waals surface area contributed by atoms with E-state index < -0.39 is 17.5 Å². The molecule has 1 aromatic heterocycles. The molecular formula is C16H18N2O4. The van der Waals surface area contributed by atoms with E-state index in [2.05, 4.69) is 5.10 Å². The first-order valence-electron chi connectivity index (χ1n) is 6.82. The first-order valence-corrected chi connectivity index (χ1v) is 6.82. The van der Waals surface area contributed by atoms with Crippen LogP contribution in [0, 0.1) is 6.92 Å². The Hall–Kier alpha value is -2.63. The van der Waals surface area contributed by atoms with Crippen LogP contribution in [0.25, 0.3) is 5.69 Å². The third-order valence-corrected chi connectivity index (χ3v) is 2.86. The summed E-state index contributed by atoms with van der Waals surface area (Å²) >= 11 is 0. The molecular weight excluding hydrogens is 284 g/mol. The number of ether oxygens (including phenoxy) is 1. The van der Waals surface area contributed by atoms with Crippen molar-refractivity contribution in [3.8, 4) is 5.69 Å². The number of nitrogens with zero attached hydrogens (tertiary/aromatic N) is 2. The van der Waals surface area contributed by atoms with Crippen molar-refractivity contribution in [2.45, 2.75) is 33.3 Å². The van der Waals surface area contributed by atoms with Gasteiger partial charge in [0.2, 0.25) is 0 Å². The minimum Gasteiger partial charge on any atom is -0.476 e. The van der Waals surface area contributed by atoms with Crippen molar-refractivity contribution in [3.05, 3.63) is 47.3 Å². The molecule has 2 rings (SSSR count). The number of aryl methyl sites for hydroxylation is 1. The maximum atomic E-state index is 12.3. The van der Waals surface area contributed by atoms with Crippen LogP contribution in [-0.4, -0.2) is 32.4 Å². The van der Waals surface area contributed by atoms with E-state index in [4.69, 9.17) is 9.84 Å². The predicted octanol–water partition coefficient (Wildman–Crippen LogP) is 2.83. The molecule has 0 fully saturated rings. The number of benzene rings is 1. The molecule has 0 aliphatic rings. The van der Waals surface area contributed by atoms with Gasteiger partial charge in [-0.1, -0.05) is 12.1 Å². The largest absolute Gasteiger partial charge is 0.476 e. The van der Waals surface area contributed by atoms with Crippen molar-refractivity contribution < 1.29 is 19.4 Å². The van der Waals surface area contributed by atoms with Gasteiger partial charge in [-0.05, 0) is 45.9 Å². The Morgan fingerprint density at radius 2 is 1.86 bits per heavy atom. The van der Waals surface area contributed by atoms with Gasteiger partial charge >= 0.3 is 11.9 Å². The van der Waals surface area contributed by atoms with E-state index in [1.54, 1.807) is 52.0 Å². The number of carbonyl (C=O) groups excluding carboxylic acids is 1. The summed E-state index contributed by atoms with van der Waals surface area (Å²) in [5.74, 6) is -1.59. The maximum Gasteiger partial charge on any atom is 0.356 e. The molecule has 1 heterocycles. The lowest BCUT2D eigenvalue weighted by atomic mass is 10.1. The van der Waals surface area contributed by atoms with Crippen LogP contribution < -0.4 is 0 Å². The average Bonchev–Trinajstić information content (AvgIpc) is 2.79. The minimum absolute atomic E-state index is 0.0727. The highest BCUT2D eigenvalue weighted by Gasteiger charge is 2.22. The molecule has 6 heteroatoms. The number of esters is 1. The number of aromatic carboxylic acids is 1. The van der Waals surface area contributed by atoms with Crippen LogP contribution in [0.4, 0.5) is 0 Å². The van der Waals surface area contributed by atoms with Crippen LogP contribution in [0.1, 0.15) is 47.3 Å². The quantitative estimate of drug-likeness (QED) is 0.882. The Labute approximate surface area is 128 Å². The van der Waals surface area contributed by atoms with Gasteiger partial charge in [0.25, 0.3) is 0 Å². The molecule has 0 spiro atoms. The summed E-state index contributed by atoms with van der Waals surface area (Å²) in [5, 5.41) is 13.1. The second-order valence-corrected chi connectivity index (χ2v) is 5.91. The second-order valence-electron chi connectivity index (χ2n) is 5.91. The van der Waals surface area contributed by atoms with Gasteiger partial charge in [0, 0.05) is 5.69 Å². The number of hydrogen-bond donors (Lipinski definition) is 1. The van der Waals surface area contributed by atoms with Crippen molar-refractivity contribution in [3.63, 3.8) is 0 Å². The summed E-state index contributed by atoms with van der Waals surface area (Å²) in [6, 6.07) is 8.26. The molecule has 0 aliphatic heterocycles. The molecule has 0 atom stereocenters. The van der Waals surface area contributed by atoms with Crippen molar-refractivity contribution in [1.82, 2.24) is 9.78 Å². The fourth-order valence-electron chi connectivity index (χ4n) is 1.99. The molecule has 1 N–H and O–H groups in total. The van der Waals surface area contributed by atoms with Crippen molar-refractivity contribution in [2.24, 2.45) is 0 Å². The number of hydrogen-bond acceptors (Lipinski definition) is 4. The molecule has 1 aromatic carbocycles. The van der Waals surface area contributed by atoms with E-state index in [9.17, 15) is 9.59 Å². The molecule has 22 heavy (non-hydrogen) atoms. The molecule has 0 saturated carbocycles. The third kappa shape index (κ3) is 3.33. The zero-order valence-electron chi connectivity index (χ0n) is 13.0. The Kier molecular flexibility index (Phi) is 4.03. The number of aromatic nitrogens is 2. The lowest BCUT2D eigenvalue weighted by Crippen LogP contribution is -2.24. The average molecular weight is 302 g/mol. The topological polar surface area (TPSA) is 81.4 Å². The minimum atomic E-state index is -1.11. The zero-order chi connectivity index (χ0) is 16.5. The van der Waals surface area contributed by atoms with Gasteiger partial charge in [-0.2, -0.15) is 5.10 Å². The van der Waals surface area contributed by atoms with Gasteiger partial charge in [-0.15, -0.1) is 0 Å². The van der Waals surface area contributed by atoms with Crippen LogP contribution in [0.2, 0.25) is 0 Å². The Morgan fingerprint density at radius 1 is 1.23 bits per heavy atom. The Balaban J connectivity index is 2.49. The summed E-state index contributed by atoms with van der Waals surface area (Å²) in [7, 11) is 0. The Bertz CT molecular complexity index is 726. The summed E-state index contributed by atoms with van der Waals surface area (Å²) in [4.78, 5) is 23.4. The molecule has 6 nitrogen and oxygen atoms in total. The lowest BCUT2D eigenvalue weighted by molar-refractivity contribution is 0.00693. The van der Waals surface area contributed by atoms with Crippen LogP contribution in [0.15, 0.2) is 30.3 Å². The summed E-state index contributed by atoms with van der Waals surface area (Å²) in [5.41, 5.74) is 0.752. The molecule has 0 amide bonds. The number of carboxylic acid groups (broad SMARTS) is 1. The third-order valence-electron chi connectivity index (χ3n) is 2.86. The normalized spacial score (nSPS) is 11.3. The highest BCUT2D eigenvalue weighted by Crippen LogP contribution is 2.20. The van der Waals surface area contributed by atoms with Gasteiger partial charge in [0.1, 0.15) is 5.60 Å². The number of carbonyl (C=O) groups is 2.